The van der Waals surface area contributed by atoms with Crippen molar-refractivity contribution < 1.29 is 5.11 Å². The Kier molecular flexibility index (Phi) is 9.02. The van der Waals surface area contributed by atoms with Crippen molar-refractivity contribution >= 4 is 29.6 Å². The van der Waals surface area contributed by atoms with Crippen molar-refractivity contribution in [3.8, 4) is 0 Å². The van der Waals surface area contributed by atoms with E-state index in [-0.39, 0.29) is 29.6 Å². The van der Waals surface area contributed by atoms with Gasteiger partial charge in [0, 0.05) is 0 Å². The number of hydrogen-bond donors (Lipinski definition) is 1. The molecule has 58 valence electrons. The third-order valence-corrected chi connectivity index (χ3v) is 1.83. The van der Waals surface area contributed by atoms with Crippen molar-refractivity contribution in [2.24, 2.45) is 0 Å². The molecule has 0 saturated heterocycles. The molecule has 0 spiro atoms. The van der Waals surface area contributed by atoms with E-state index in [1.54, 1.807) is 0 Å². The van der Waals surface area contributed by atoms with Gasteiger partial charge in [-0.3, -0.25) is 0 Å². The van der Waals surface area contributed by atoms with Crippen LogP contribution in [0, 0.1) is 0 Å². The molecule has 0 saturated carbocycles. The van der Waals surface area contributed by atoms with E-state index in [9.17, 15) is 5.11 Å². The molecule has 0 amide bonds. The molecule has 0 aromatic carbocycles. The summed E-state index contributed by atoms with van der Waals surface area (Å²) >= 11 is 0. The fourth-order valence-electron chi connectivity index (χ4n) is 0.734. The van der Waals surface area contributed by atoms with E-state index in [0.29, 0.717) is 0 Å². The summed E-state index contributed by atoms with van der Waals surface area (Å²) in [5.41, 5.74) is -0.407. The molecule has 0 fully saturated rings. The van der Waals surface area contributed by atoms with Gasteiger partial charge in [-0.2, -0.15) is 0 Å². The molecule has 0 bridgehead atoms. The first-order valence-electron chi connectivity index (χ1n) is 3.84. The molecule has 1 unspecified atom stereocenters. The summed E-state index contributed by atoms with van der Waals surface area (Å²) in [4.78, 5) is 0. The zero-order chi connectivity index (χ0) is 7.33. The van der Waals surface area contributed by atoms with E-state index in [4.69, 9.17) is 0 Å². The Hall–Kier alpha value is 0.960. The van der Waals surface area contributed by atoms with Crippen molar-refractivity contribution in [3.05, 3.63) is 0 Å². The minimum absolute atomic E-state index is 0. The monoisotopic (exact) mass is 154 g/mol. The molecule has 0 aromatic rings. The molecule has 0 aliphatic rings. The summed E-state index contributed by atoms with van der Waals surface area (Å²) in [6.07, 6.45) is 4.13. The van der Waals surface area contributed by atoms with Crippen LogP contribution in [0.5, 0.6) is 0 Å². The molecule has 0 rings (SSSR count). The van der Waals surface area contributed by atoms with Gasteiger partial charge in [-0.15, -0.1) is 0 Å². The van der Waals surface area contributed by atoms with Crippen molar-refractivity contribution in [2.75, 3.05) is 0 Å². The molecule has 0 aromatic heterocycles. The van der Waals surface area contributed by atoms with E-state index < -0.39 is 5.60 Å². The average Bonchev–Trinajstić information content (AvgIpc) is 1.84. The van der Waals surface area contributed by atoms with E-state index in [1.807, 2.05) is 13.8 Å². The number of aliphatic hydroxyl groups is 1. The van der Waals surface area contributed by atoms with Crippen molar-refractivity contribution in [1.82, 2.24) is 0 Å². The molecule has 1 atom stereocenters. The van der Waals surface area contributed by atoms with Crippen LogP contribution in [-0.4, -0.2) is 40.3 Å². The Morgan fingerprint density at radius 3 is 2.10 bits per heavy atom. The van der Waals surface area contributed by atoms with Gasteiger partial charge in [0.2, 0.25) is 0 Å². The van der Waals surface area contributed by atoms with E-state index in [1.165, 1.54) is 6.42 Å². The van der Waals surface area contributed by atoms with Gasteiger partial charge in [0.1, 0.15) is 0 Å². The van der Waals surface area contributed by atoms with Crippen LogP contribution >= 0.6 is 0 Å². The van der Waals surface area contributed by atoms with Crippen molar-refractivity contribution in [1.29, 1.82) is 0 Å². The zero-order valence-corrected chi connectivity index (χ0v) is 6.78. The van der Waals surface area contributed by atoms with Crippen molar-refractivity contribution in [2.45, 2.75) is 52.1 Å². The third kappa shape index (κ3) is 7.07. The van der Waals surface area contributed by atoms with Gasteiger partial charge in [0.25, 0.3) is 0 Å². The maximum atomic E-state index is 9.45. The van der Waals surface area contributed by atoms with Crippen LogP contribution < -0.4 is 0 Å². The minimum atomic E-state index is -0.407. The first-order valence-corrected chi connectivity index (χ1v) is 3.84. The number of rotatable bonds is 4. The molecule has 10 heavy (non-hydrogen) atoms. The van der Waals surface area contributed by atoms with Gasteiger partial charge in [0.15, 0.2) is 0 Å². The molecule has 2 heteroatoms. The number of unbranched alkanes of at least 4 members (excludes halogenated alkanes) is 1. The molecule has 0 radical (unpaired) electrons. The van der Waals surface area contributed by atoms with Crippen LogP contribution in [0.3, 0.4) is 0 Å². The Balaban J connectivity index is 0. The summed E-state index contributed by atoms with van der Waals surface area (Å²) < 4.78 is 0. The normalized spacial score (nSPS) is 15.6. The zero-order valence-electron chi connectivity index (χ0n) is 6.78. The fourth-order valence-corrected chi connectivity index (χ4v) is 0.734. The molecule has 0 aliphatic heterocycles. The standard InChI is InChI=1S/C8H18O.Na.H/c1-4-6-7-8(3,9)5-2;;/h9H,4-7H2,1-3H3;;. The molecular formula is C8H19NaO. The maximum absolute atomic E-state index is 9.45. The molecule has 0 aliphatic carbocycles. The Morgan fingerprint density at radius 1 is 1.30 bits per heavy atom. The van der Waals surface area contributed by atoms with Gasteiger partial charge in [-0.25, -0.2) is 0 Å². The van der Waals surface area contributed by atoms with Crippen LogP contribution in [0.4, 0.5) is 0 Å². The van der Waals surface area contributed by atoms with E-state index in [0.717, 1.165) is 19.3 Å². The van der Waals surface area contributed by atoms with Gasteiger partial charge >= 0.3 is 29.6 Å². The van der Waals surface area contributed by atoms with E-state index in [2.05, 4.69) is 6.92 Å². The first-order chi connectivity index (χ1) is 4.12. The first kappa shape index (κ1) is 13.5. The summed E-state index contributed by atoms with van der Waals surface area (Å²) in [6.45, 7) is 6.07. The molecule has 1 nitrogen and oxygen atoms in total. The molecule has 1 N–H and O–H groups in total. The third-order valence-electron chi connectivity index (χ3n) is 1.83. The Labute approximate surface area is 86.5 Å². The molecule has 0 heterocycles. The van der Waals surface area contributed by atoms with Crippen LogP contribution in [0.15, 0.2) is 0 Å². The van der Waals surface area contributed by atoms with Crippen LogP contribution in [0.25, 0.3) is 0 Å². The number of hydrogen-bond acceptors (Lipinski definition) is 1. The van der Waals surface area contributed by atoms with Crippen molar-refractivity contribution in [3.63, 3.8) is 0 Å². The van der Waals surface area contributed by atoms with Gasteiger partial charge in [0.05, 0.1) is 5.60 Å². The summed E-state index contributed by atoms with van der Waals surface area (Å²) in [5, 5.41) is 9.45. The quantitative estimate of drug-likeness (QED) is 0.611. The average molecular weight is 154 g/mol. The second-order valence-electron chi connectivity index (χ2n) is 2.95. The fraction of sp³-hybridized carbons (Fsp3) is 1.00. The predicted octanol–water partition coefficient (Wildman–Crippen LogP) is 1.69. The predicted molar refractivity (Wildman–Crippen MR) is 47.6 cm³/mol. The van der Waals surface area contributed by atoms with Gasteiger partial charge in [-0.05, 0) is 19.8 Å². The van der Waals surface area contributed by atoms with Crippen LogP contribution in [0.1, 0.15) is 46.5 Å². The molecular weight excluding hydrogens is 135 g/mol. The summed E-state index contributed by atoms with van der Waals surface area (Å²) in [7, 11) is 0. The van der Waals surface area contributed by atoms with Gasteiger partial charge < -0.3 is 5.11 Å². The summed E-state index contributed by atoms with van der Waals surface area (Å²) in [6, 6.07) is 0. The van der Waals surface area contributed by atoms with E-state index >= 15 is 0 Å². The second-order valence-corrected chi connectivity index (χ2v) is 2.95. The Morgan fingerprint density at radius 2 is 1.80 bits per heavy atom. The summed E-state index contributed by atoms with van der Waals surface area (Å²) in [5.74, 6) is 0. The SMILES string of the molecule is CCCCC(C)(O)CC.[NaH]. The second kappa shape index (κ2) is 6.66. The Bertz CT molecular complexity index is 71.7. The van der Waals surface area contributed by atoms with Crippen LogP contribution in [-0.2, 0) is 0 Å². The van der Waals surface area contributed by atoms with Crippen LogP contribution in [0.2, 0.25) is 0 Å². The topological polar surface area (TPSA) is 20.2 Å². The van der Waals surface area contributed by atoms with Gasteiger partial charge in [-0.1, -0.05) is 26.7 Å².